The van der Waals surface area contributed by atoms with E-state index >= 15 is 0 Å². The molecule has 9 nitrogen and oxygen atoms in total. The summed E-state index contributed by atoms with van der Waals surface area (Å²) in [6.45, 7) is 3.87. The van der Waals surface area contributed by atoms with Gasteiger partial charge in [-0.2, -0.15) is 0 Å². The Morgan fingerprint density at radius 1 is 1.23 bits per heavy atom. The van der Waals surface area contributed by atoms with Crippen LogP contribution in [0.4, 0.5) is 5.95 Å². The Hall–Kier alpha value is -2.72. The normalized spacial score (nSPS) is 16.8. The Balaban J connectivity index is 1.45. The van der Waals surface area contributed by atoms with E-state index in [-0.39, 0.29) is 29.8 Å². The Morgan fingerprint density at radius 2 is 1.97 bits per heavy atom. The van der Waals surface area contributed by atoms with Gasteiger partial charge in [0, 0.05) is 44.5 Å². The van der Waals surface area contributed by atoms with E-state index in [1.165, 1.54) is 12.1 Å². The SMILES string of the molecule is CCOc1ccc(S(=O)(=O)NCCC(=O)NC2CCCN(c3ncccn3)C2)cc1. The van der Waals surface area contributed by atoms with Crippen LogP contribution >= 0.6 is 0 Å². The van der Waals surface area contributed by atoms with Crippen molar-refractivity contribution < 1.29 is 17.9 Å². The second-order valence-electron chi connectivity index (χ2n) is 6.95. The van der Waals surface area contributed by atoms with E-state index in [1.54, 1.807) is 30.6 Å². The first-order valence-corrected chi connectivity index (χ1v) is 11.5. The first kappa shape index (κ1) is 22.0. The van der Waals surface area contributed by atoms with Crippen LogP contribution in [0.1, 0.15) is 26.2 Å². The number of hydrogen-bond donors (Lipinski definition) is 2. The van der Waals surface area contributed by atoms with Crippen LogP contribution in [0.5, 0.6) is 5.75 Å². The van der Waals surface area contributed by atoms with Gasteiger partial charge in [0.05, 0.1) is 11.5 Å². The van der Waals surface area contributed by atoms with Gasteiger partial charge in [-0.05, 0) is 50.1 Å². The molecule has 0 bridgehead atoms. The molecule has 30 heavy (non-hydrogen) atoms. The number of anilines is 1. The number of nitrogens with one attached hydrogen (secondary N) is 2. The second-order valence-corrected chi connectivity index (χ2v) is 8.72. The summed E-state index contributed by atoms with van der Waals surface area (Å²) in [4.78, 5) is 23.0. The van der Waals surface area contributed by atoms with Crippen LogP contribution in [-0.2, 0) is 14.8 Å². The minimum absolute atomic E-state index is 0.0160. The highest BCUT2D eigenvalue weighted by atomic mass is 32.2. The van der Waals surface area contributed by atoms with Crippen molar-refractivity contribution in [2.75, 3.05) is 31.1 Å². The van der Waals surface area contributed by atoms with Gasteiger partial charge in [0.1, 0.15) is 5.75 Å². The molecule has 2 heterocycles. The molecule has 2 aromatic rings. The number of sulfonamides is 1. The predicted octanol–water partition coefficient (Wildman–Crippen LogP) is 1.33. The molecule has 162 valence electrons. The van der Waals surface area contributed by atoms with E-state index in [4.69, 9.17) is 4.74 Å². The fraction of sp³-hybridized carbons (Fsp3) is 0.450. The number of rotatable bonds is 9. The van der Waals surface area contributed by atoms with E-state index in [1.807, 2.05) is 11.8 Å². The number of aromatic nitrogens is 2. The van der Waals surface area contributed by atoms with Crippen LogP contribution in [-0.4, -0.2) is 56.6 Å². The highest BCUT2D eigenvalue weighted by molar-refractivity contribution is 7.89. The highest BCUT2D eigenvalue weighted by Crippen LogP contribution is 2.16. The topological polar surface area (TPSA) is 114 Å². The van der Waals surface area contributed by atoms with E-state index in [9.17, 15) is 13.2 Å². The molecule has 1 aliphatic heterocycles. The molecule has 1 saturated heterocycles. The summed E-state index contributed by atoms with van der Waals surface area (Å²) in [6.07, 6.45) is 5.25. The molecule has 3 rings (SSSR count). The van der Waals surface area contributed by atoms with Crippen molar-refractivity contribution in [1.82, 2.24) is 20.0 Å². The van der Waals surface area contributed by atoms with Crippen LogP contribution in [0.25, 0.3) is 0 Å². The molecule has 10 heteroatoms. The van der Waals surface area contributed by atoms with Crippen molar-refractivity contribution in [1.29, 1.82) is 0 Å². The molecule has 0 spiro atoms. The summed E-state index contributed by atoms with van der Waals surface area (Å²) >= 11 is 0. The lowest BCUT2D eigenvalue weighted by molar-refractivity contribution is -0.121. The van der Waals surface area contributed by atoms with Gasteiger partial charge < -0.3 is 15.0 Å². The standard InChI is InChI=1S/C20H27N5O4S/c1-2-29-17-6-8-18(9-7-17)30(27,28)23-13-10-19(26)24-16-5-3-14-25(15-16)20-21-11-4-12-22-20/h4,6-9,11-12,16,23H,2-3,5,10,13-15H2,1H3,(H,24,26). The molecule has 1 unspecified atom stereocenters. The molecule has 1 amide bonds. The van der Waals surface area contributed by atoms with Crippen molar-refractivity contribution >= 4 is 21.9 Å². The zero-order valence-corrected chi connectivity index (χ0v) is 17.8. The largest absolute Gasteiger partial charge is 0.494 e. The number of piperidine rings is 1. The van der Waals surface area contributed by atoms with Gasteiger partial charge in [-0.3, -0.25) is 4.79 Å². The maximum absolute atomic E-state index is 12.4. The van der Waals surface area contributed by atoms with Gasteiger partial charge in [-0.1, -0.05) is 0 Å². The number of hydrogen-bond acceptors (Lipinski definition) is 7. The average Bonchev–Trinajstić information content (AvgIpc) is 2.75. The average molecular weight is 434 g/mol. The first-order chi connectivity index (χ1) is 14.5. The van der Waals surface area contributed by atoms with Crippen LogP contribution in [0.2, 0.25) is 0 Å². The van der Waals surface area contributed by atoms with E-state index in [0.29, 0.717) is 24.8 Å². The van der Waals surface area contributed by atoms with Crippen molar-refractivity contribution in [2.24, 2.45) is 0 Å². The Bertz CT molecular complexity index is 922. The summed E-state index contributed by atoms with van der Waals surface area (Å²) < 4.78 is 32.5. The maximum atomic E-state index is 12.4. The van der Waals surface area contributed by atoms with Gasteiger partial charge in [-0.15, -0.1) is 0 Å². The summed E-state index contributed by atoms with van der Waals surface area (Å²) in [5, 5.41) is 2.98. The van der Waals surface area contributed by atoms with Crippen molar-refractivity contribution in [3.63, 3.8) is 0 Å². The number of ether oxygens (including phenoxy) is 1. The smallest absolute Gasteiger partial charge is 0.240 e. The summed E-state index contributed by atoms with van der Waals surface area (Å²) in [6, 6.07) is 7.93. The first-order valence-electron chi connectivity index (χ1n) is 10.0. The maximum Gasteiger partial charge on any atom is 0.240 e. The summed E-state index contributed by atoms with van der Waals surface area (Å²) in [5.74, 6) is 1.07. The number of amides is 1. The number of nitrogens with zero attached hydrogens (tertiary/aromatic N) is 3. The van der Waals surface area contributed by atoms with Gasteiger partial charge in [0.2, 0.25) is 21.9 Å². The van der Waals surface area contributed by atoms with Crippen molar-refractivity contribution in [3.05, 3.63) is 42.7 Å². The Morgan fingerprint density at radius 3 is 2.67 bits per heavy atom. The third-order valence-corrected chi connectivity index (χ3v) is 6.19. The van der Waals surface area contributed by atoms with Gasteiger partial charge in [-0.25, -0.2) is 23.1 Å². The molecule has 1 fully saturated rings. The zero-order valence-electron chi connectivity index (χ0n) is 17.0. The Kier molecular flexibility index (Phi) is 7.58. The third kappa shape index (κ3) is 6.14. The van der Waals surface area contributed by atoms with Gasteiger partial charge >= 0.3 is 0 Å². The van der Waals surface area contributed by atoms with Crippen molar-refractivity contribution in [2.45, 2.75) is 37.1 Å². The molecular weight excluding hydrogens is 406 g/mol. The number of carbonyl (C=O) groups is 1. The third-order valence-electron chi connectivity index (χ3n) is 4.71. The molecule has 1 aliphatic rings. The highest BCUT2D eigenvalue weighted by Gasteiger charge is 2.23. The zero-order chi connectivity index (χ0) is 21.4. The van der Waals surface area contributed by atoms with E-state index in [2.05, 4.69) is 20.0 Å². The lowest BCUT2D eigenvalue weighted by Crippen LogP contribution is -2.48. The van der Waals surface area contributed by atoms with Crippen molar-refractivity contribution in [3.8, 4) is 5.75 Å². The molecule has 1 aromatic heterocycles. The predicted molar refractivity (Wildman–Crippen MR) is 113 cm³/mol. The fourth-order valence-corrected chi connectivity index (χ4v) is 4.33. The number of carbonyl (C=O) groups excluding carboxylic acids is 1. The second kappa shape index (κ2) is 10.4. The quantitative estimate of drug-likeness (QED) is 0.613. The molecule has 1 atom stereocenters. The van der Waals surface area contributed by atoms with Crippen LogP contribution in [0, 0.1) is 0 Å². The molecule has 0 saturated carbocycles. The van der Waals surface area contributed by atoms with Gasteiger partial charge in [0.25, 0.3) is 0 Å². The van der Waals surface area contributed by atoms with Crippen LogP contribution in [0.3, 0.4) is 0 Å². The lowest BCUT2D eigenvalue weighted by Gasteiger charge is -2.33. The molecule has 0 aliphatic carbocycles. The summed E-state index contributed by atoms with van der Waals surface area (Å²) in [7, 11) is -3.68. The minimum Gasteiger partial charge on any atom is -0.494 e. The fourth-order valence-electron chi connectivity index (χ4n) is 3.29. The lowest BCUT2D eigenvalue weighted by atomic mass is 10.1. The minimum atomic E-state index is -3.68. The monoisotopic (exact) mass is 433 g/mol. The van der Waals surface area contributed by atoms with E-state index < -0.39 is 10.0 Å². The molecule has 0 radical (unpaired) electrons. The van der Waals surface area contributed by atoms with Gasteiger partial charge in [0.15, 0.2) is 0 Å². The Labute approximate surface area is 176 Å². The van der Waals surface area contributed by atoms with E-state index in [0.717, 1.165) is 19.4 Å². The summed E-state index contributed by atoms with van der Waals surface area (Å²) in [5.41, 5.74) is 0. The molecular formula is C20H27N5O4S. The molecule has 1 aromatic carbocycles. The van der Waals surface area contributed by atoms with Crippen LogP contribution in [0.15, 0.2) is 47.6 Å². The molecule has 2 N–H and O–H groups in total. The van der Waals surface area contributed by atoms with Crippen LogP contribution < -0.4 is 19.7 Å². The number of benzene rings is 1.